The Bertz CT molecular complexity index is 2810. The molecule has 0 radical (unpaired) electrons. The lowest BCUT2D eigenvalue weighted by Crippen LogP contribution is -2.25. The summed E-state index contributed by atoms with van der Waals surface area (Å²) in [5, 5.41) is 2.41. The molecule has 2 aromatic heterocycles. The first-order chi connectivity index (χ1) is 26.7. The number of aliphatic imine (C=N–C) groups is 1. The fourth-order valence-electron chi connectivity index (χ4n) is 8.22. The maximum absolute atomic E-state index is 6.17. The van der Waals surface area contributed by atoms with Gasteiger partial charge in [-0.25, -0.2) is 4.98 Å². The largest absolute Gasteiger partial charge is 0.436 e. The molecule has 0 spiro atoms. The van der Waals surface area contributed by atoms with E-state index in [2.05, 4.69) is 169 Å². The molecule has 0 fully saturated rings. The summed E-state index contributed by atoms with van der Waals surface area (Å²) < 4.78 is 8.51. The number of benzene rings is 7. The first-order valence-corrected chi connectivity index (χ1v) is 18.7. The van der Waals surface area contributed by atoms with Crippen molar-refractivity contribution in [1.29, 1.82) is 0 Å². The summed E-state index contributed by atoms with van der Waals surface area (Å²) in [6, 6.07) is 62.3. The van der Waals surface area contributed by atoms with Crippen LogP contribution in [-0.2, 0) is 0 Å². The zero-order valence-electron chi connectivity index (χ0n) is 29.9. The van der Waals surface area contributed by atoms with Gasteiger partial charge in [-0.15, -0.1) is 0 Å². The third kappa shape index (κ3) is 5.55. The van der Waals surface area contributed by atoms with Crippen LogP contribution in [0.1, 0.15) is 36.0 Å². The molecule has 0 saturated heterocycles. The molecule has 2 unspecified atom stereocenters. The van der Waals surface area contributed by atoms with E-state index < -0.39 is 0 Å². The highest BCUT2D eigenvalue weighted by Crippen LogP contribution is 2.40. The molecule has 0 N–H and O–H groups in total. The van der Waals surface area contributed by atoms with Gasteiger partial charge in [-0.3, -0.25) is 4.99 Å². The summed E-state index contributed by atoms with van der Waals surface area (Å²) in [7, 11) is 0. The summed E-state index contributed by atoms with van der Waals surface area (Å²) in [6.45, 7) is 2.28. The van der Waals surface area contributed by atoms with Crippen molar-refractivity contribution in [3.05, 3.63) is 199 Å². The van der Waals surface area contributed by atoms with Crippen LogP contribution in [0.2, 0.25) is 0 Å². The zero-order valence-corrected chi connectivity index (χ0v) is 29.9. The van der Waals surface area contributed by atoms with Crippen molar-refractivity contribution in [2.24, 2.45) is 10.9 Å². The SMILES string of the molecule is CCC1C(c2ccc(-c3ccc(-n4c5ccccc5c5ccc(-c6nc7ccccc7o6)cc54)cc3)cc2)=NC(c2ccccc2)=CC1c1ccccc1. The number of para-hydroxylation sites is 3. The van der Waals surface area contributed by atoms with Gasteiger partial charge in [-0.05, 0) is 82.8 Å². The molecule has 10 rings (SSSR count). The topological polar surface area (TPSA) is 43.3 Å². The van der Waals surface area contributed by atoms with Crippen LogP contribution in [0, 0.1) is 5.92 Å². The Kier molecular flexibility index (Phi) is 7.88. The Balaban J connectivity index is 0.997. The molecule has 54 heavy (non-hydrogen) atoms. The average Bonchev–Trinajstić information content (AvgIpc) is 3.83. The van der Waals surface area contributed by atoms with Crippen molar-refractivity contribution in [3.63, 3.8) is 0 Å². The fourth-order valence-corrected chi connectivity index (χ4v) is 8.22. The van der Waals surface area contributed by atoms with Crippen molar-refractivity contribution in [3.8, 4) is 28.3 Å². The number of hydrogen-bond acceptors (Lipinski definition) is 3. The second-order valence-corrected chi connectivity index (χ2v) is 14.1. The summed E-state index contributed by atoms with van der Waals surface area (Å²) in [4.78, 5) is 10.1. The van der Waals surface area contributed by atoms with Crippen molar-refractivity contribution in [2.75, 3.05) is 0 Å². The second kappa shape index (κ2) is 13.3. The van der Waals surface area contributed by atoms with Crippen LogP contribution in [0.4, 0.5) is 0 Å². The first-order valence-electron chi connectivity index (χ1n) is 18.7. The van der Waals surface area contributed by atoms with Crippen LogP contribution in [-0.4, -0.2) is 15.3 Å². The molecule has 4 heteroatoms. The van der Waals surface area contributed by atoms with E-state index in [-0.39, 0.29) is 11.8 Å². The smallest absolute Gasteiger partial charge is 0.227 e. The standard InChI is InChI=1S/C50H37N3O/c1-2-40-43(35-13-5-3-6-14-35)32-45(36-15-7-4-8-16-36)51-49(40)37-23-21-33(22-24-37)34-25-28-39(29-26-34)53-46-19-11-9-17-41(46)42-30-27-38(31-47(42)53)50-52-44-18-10-12-20-48(44)54-50/h3-32,40,43H,2H2,1H3. The molecule has 1 aliphatic rings. The van der Waals surface area contributed by atoms with Crippen molar-refractivity contribution >= 4 is 44.3 Å². The zero-order chi connectivity index (χ0) is 36.0. The summed E-state index contributed by atoms with van der Waals surface area (Å²) >= 11 is 0. The predicted molar refractivity (Wildman–Crippen MR) is 223 cm³/mol. The van der Waals surface area contributed by atoms with Crippen molar-refractivity contribution < 1.29 is 4.42 Å². The highest BCUT2D eigenvalue weighted by molar-refractivity contribution is 6.10. The minimum absolute atomic E-state index is 0.248. The minimum Gasteiger partial charge on any atom is -0.436 e. The van der Waals surface area contributed by atoms with Gasteiger partial charge in [-0.2, -0.15) is 0 Å². The quantitative estimate of drug-likeness (QED) is 0.167. The molecule has 9 aromatic rings. The second-order valence-electron chi connectivity index (χ2n) is 14.1. The maximum atomic E-state index is 6.17. The number of hydrogen-bond donors (Lipinski definition) is 0. The van der Waals surface area contributed by atoms with Gasteiger partial charge in [0.15, 0.2) is 5.58 Å². The van der Waals surface area contributed by atoms with E-state index in [1.54, 1.807) is 0 Å². The molecule has 0 saturated carbocycles. The minimum atomic E-state index is 0.248. The average molecular weight is 696 g/mol. The number of oxazole rings is 1. The molecule has 1 aliphatic heterocycles. The first kappa shape index (κ1) is 31.9. The molecule has 7 aromatic carbocycles. The van der Waals surface area contributed by atoms with E-state index in [4.69, 9.17) is 14.4 Å². The molecule has 258 valence electrons. The normalized spacial score (nSPS) is 15.8. The Morgan fingerprint density at radius 1 is 0.556 bits per heavy atom. The summed E-state index contributed by atoms with van der Waals surface area (Å²) in [5.74, 6) is 1.15. The highest BCUT2D eigenvalue weighted by atomic mass is 16.3. The van der Waals surface area contributed by atoms with Crippen molar-refractivity contribution in [1.82, 2.24) is 9.55 Å². The Morgan fingerprint density at radius 2 is 1.19 bits per heavy atom. The van der Waals surface area contributed by atoms with Gasteiger partial charge < -0.3 is 8.98 Å². The molecule has 3 heterocycles. The molecule has 4 nitrogen and oxygen atoms in total. The van der Waals surface area contributed by atoms with Gasteiger partial charge in [0.05, 0.1) is 22.4 Å². The van der Waals surface area contributed by atoms with E-state index in [0.29, 0.717) is 5.89 Å². The monoisotopic (exact) mass is 695 g/mol. The van der Waals surface area contributed by atoms with Gasteiger partial charge in [0.25, 0.3) is 0 Å². The third-order valence-corrected chi connectivity index (χ3v) is 10.9. The molecule has 0 amide bonds. The van der Waals surface area contributed by atoms with Gasteiger partial charge in [0.2, 0.25) is 5.89 Å². The number of allylic oxidation sites excluding steroid dienone is 1. The molecule has 0 aliphatic carbocycles. The number of nitrogens with zero attached hydrogens (tertiary/aromatic N) is 3. The van der Waals surface area contributed by atoms with Crippen LogP contribution < -0.4 is 0 Å². The number of rotatable bonds is 7. The Morgan fingerprint density at radius 3 is 1.94 bits per heavy atom. The fraction of sp³-hybridized carbons (Fsp3) is 0.0800. The third-order valence-electron chi connectivity index (χ3n) is 10.9. The van der Waals surface area contributed by atoms with Crippen LogP contribution in [0.25, 0.3) is 66.9 Å². The Hall–Kier alpha value is -6.78. The number of aromatic nitrogens is 2. The van der Waals surface area contributed by atoms with E-state index in [1.807, 2.05) is 24.3 Å². The maximum Gasteiger partial charge on any atom is 0.227 e. The predicted octanol–water partition coefficient (Wildman–Crippen LogP) is 12.9. The lowest BCUT2D eigenvalue weighted by atomic mass is 9.76. The van der Waals surface area contributed by atoms with Gasteiger partial charge in [0, 0.05) is 33.9 Å². The number of fused-ring (bicyclic) bond motifs is 4. The molecular formula is C50H37N3O. The van der Waals surface area contributed by atoms with Gasteiger partial charge >= 0.3 is 0 Å². The summed E-state index contributed by atoms with van der Waals surface area (Å²) in [6.07, 6.45) is 3.37. The van der Waals surface area contributed by atoms with E-state index >= 15 is 0 Å². The van der Waals surface area contributed by atoms with Crippen LogP contribution in [0.5, 0.6) is 0 Å². The highest BCUT2D eigenvalue weighted by Gasteiger charge is 2.30. The van der Waals surface area contributed by atoms with Crippen LogP contribution in [0.15, 0.2) is 191 Å². The van der Waals surface area contributed by atoms with Crippen LogP contribution >= 0.6 is 0 Å². The lowest BCUT2D eigenvalue weighted by Gasteiger charge is -2.30. The van der Waals surface area contributed by atoms with Gasteiger partial charge in [0.1, 0.15) is 5.52 Å². The van der Waals surface area contributed by atoms with E-state index in [1.165, 1.54) is 33.0 Å². The molecular weight excluding hydrogens is 659 g/mol. The molecule has 2 atom stereocenters. The summed E-state index contributed by atoms with van der Waals surface area (Å²) in [5.41, 5.74) is 14.2. The van der Waals surface area contributed by atoms with Gasteiger partial charge in [-0.1, -0.05) is 140 Å². The lowest BCUT2D eigenvalue weighted by molar-refractivity contribution is 0.593. The van der Waals surface area contributed by atoms with Crippen molar-refractivity contribution in [2.45, 2.75) is 19.3 Å². The van der Waals surface area contributed by atoms with Crippen LogP contribution in [0.3, 0.4) is 0 Å². The van der Waals surface area contributed by atoms with E-state index in [9.17, 15) is 0 Å². The Labute approximate surface area is 314 Å². The van der Waals surface area contributed by atoms with E-state index in [0.717, 1.165) is 56.8 Å². The molecule has 0 bridgehead atoms.